The Kier molecular flexibility index (Phi) is 8.37. The van der Waals surface area contributed by atoms with Crippen molar-refractivity contribution in [3.63, 3.8) is 0 Å². The van der Waals surface area contributed by atoms with Crippen molar-refractivity contribution in [2.45, 2.75) is 18.8 Å². The molecule has 2 nitrogen and oxygen atoms in total. The molecule has 0 fully saturated rings. The summed E-state index contributed by atoms with van der Waals surface area (Å²) in [4.78, 5) is 2.36. The number of nitrogens with zero attached hydrogens (tertiary/aromatic N) is 1. The Morgan fingerprint density at radius 3 is 1.83 bits per heavy atom. The average Bonchev–Trinajstić information content (AvgIpc) is 3.69. The average molecular weight is 756 g/mol. The zero-order chi connectivity index (χ0) is 39.3. The summed E-state index contributed by atoms with van der Waals surface area (Å²) in [6, 6.07) is 74.6. The Labute approximate surface area is 345 Å². The summed E-state index contributed by atoms with van der Waals surface area (Å²) in [6.45, 7) is 2.36. The summed E-state index contributed by atoms with van der Waals surface area (Å²) in [6.07, 6.45) is 5.64. The number of anilines is 3. The SMILES string of the molecule is CC1(c2cccc(-c3ccc(N(c4ccc(-c5ccc6ccccc6c5)cc4)c4cccc(-c5ccccc5)c4)cc3)c2)C=Cc2c(ccc3oc4ccccc4c23)C1. The molecule has 10 aromatic rings. The molecule has 59 heavy (non-hydrogen) atoms. The van der Waals surface area contributed by atoms with E-state index in [9.17, 15) is 0 Å². The lowest BCUT2D eigenvalue weighted by Gasteiger charge is -2.31. The third-order valence-electron chi connectivity index (χ3n) is 12.3. The van der Waals surface area contributed by atoms with Crippen LogP contribution in [0.1, 0.15) is 23.6 Å². The topological polar surface area (TPSA) is 16.4 Å². The molecule has 0 spiro atoms. The van der Waals surface area contributed by atoms with Gasteiger partial charge in [-0.05, 0) is 122 Å². The van der Waals surface area contributed by atoms with E-state index in [2.05, 4.69) is 224 Å². The Hall–Kier alpha value is -7.42. The van der Waals surface area contributed by atoms with Crippen molar-refractivity contribution in [2.24, 2.45) is 0 Å². The Balaban J connectivity index is 0.927. The molecule has 0 aliphatic heterocycles. The fraction of sp³-hybridized carbons (Fsp3) is 0.0526. The highest BCUT2D eigenvalue weighted by Crippen LogP contribution is 2.43. The molecule has 1 aromatic heterocycles. The van der Waals surface area contributed by atoms with E-state index in [0.717, 1.165) is 34.6 Å². The van der Waals surface area contributed by atoms with E-state index in [4.69, 9.17) is 4.42 Å². The molecule has 1 unspecified atom stereocenters. The minimum Gasteiger partial charge on any atom is -0.456 e. The van der Waals surface area contributed by atoms with Crippen molar-refractivity contribution in [1.82, 2.24) is 0 Å². The summed E-state index contributed by atoms with van der Waals surface area (Å²) >= 11 is 0. The molecule has 1 atom stereocenters. The van der Waals surface area contributed by atoms with E-state index in [1.807, 2.05) is 6.07 Å². The predicted molar refractivity (Wildman–Crippen MR) is 249 cm³/mol. The van der Waals surface area contributed by atoms with Gasteiger partial charge in [0.15, 0.2) is 0 Å². The van der Waals surface area contributed by atoms with Gasteiger partial charge in [0.25, 0.3) is 0 Å². The zero-order valence-electron chi connectivity index (χ0n) is 32.8. The van der Waals surface area contributed by atoms with Gasteiger partial charge >= 0.3 is 0 Å². The molecule has 0 bridgehead atoms. The quantitative estimate of drug-likeness (QED) is 0.161. The van der Waals surface area contributed by atoms with Gasteiger partial charge in [-0.15, -0.1) is 0 Å². The maximum Gasteiger partial charge on any atom is 0.136 e. The van der Waals surface area contributed by atoms with E-state index in [-0.39, 0.29) is 5.41 Å². The van der Waals surface area contributed by atoms with Crippen LogP contribution in [0.4, 0.5) is 17.1 Å². The Morgan fingerprint density at radius 1 is 0.441 bits per heavy atom. The molecule has 11 rings (SSSR count). The minimum atomic E-state index is -0.143. The lowest BCUT2D eigenvalue weighted by molar-refractivity contribution is 0.587. The van der Waals surface area contributed by atoms with Crippen LogP contribution in [0.25, 0.3) is 72.2 Å². The van der Waals surface area contributed by atoms with E-state index in [0.29, 0.717) is 0 Å². The normalized spacial score (nSPS) is 14.8. The van der Waals surface area contributed by atoms with Crippen LogP contribution in [-0.4, -0.2) is 0 Å². The maximum atomic E-state index is 6.21. The third kappa shape index (κ3) is 6.31. The van der Waals surface area contributed by atoms with Crippen molar-refractivity contribution >= 4 is 55.8 Å². The first-order valence-corrected chi connectivity index (χ1v) is 20.4. The smallest absolute Gasteiger partial charge is 0.136 e. The highest BCUT2D eigenvalue weighted by atomic mass is 16.3. The molecule has 0 radical (unpaired) electrons. The summed E-state index contributed by atoms with van der Waals surface area (Å²) < 4.78 is 6.21. The molecular weight excluding hydrogens is 715 g/mol. The van der Waals surface area contributed by atoms with Gasteiger partial charge < -0.3 is 9.32 Å². The number of hydrogen-bond donors (Lipinski definition) is 0. The molecule has 2 heteroatoms. The Bertz CT molecular complexity index is 3190. The van der Waals surface area contributed by atoms with E-state index in [1.54, 1.807) is 0 Å². The van der Waals surface area contributed by atoms with E-state index >= 15 is 0 Å². The molecule has 0 saturated carbocycles. The van der Waals surface area contributed by atoms with Crippen molar-refractivity contribution in [1.29, 1.82) is 0 Å². The third-order valence-corrected chi connectivity index (χ3v) is 12.3. The fourth-order valence-corrected chi connectivity index (χ4v) is 9.08. The van der Waals surface area contributed by atoms with Gasteiger partial charge in [-0.25, -0.2) is 0 Å². The van der Waals surface area contributed by atoms with Gasteiger partial charge in [0.2, 0.25) is 0 Å². The largest absolute Gasteiger partial charge is 0.456 e. The zero-order valence-corrected chi connectivity index (χ0v) is 32.8. The van der Waals surface area contributed by atoms with Crippen molar-refractivity contribution < 1.29 is 4.42 Å². The van der Waals surface area contributed by atoms with Crippen LogP contribution in [0.3, 0.4) is 0 Å². The second-order valence-corrected chi connectivity index (χ2v) is 16.0. The van der Waals surface area contributed by atoms with Crippen LogP contribution in [0.5, 0.6) is 0 Å². The molecule has 1 aliphatic rings. The molecule has 1 heterocycles. The van der Waals surface area contributed by atoms with Gasteiger partial charge in [0.05, 0.1) is 0 Å². The summed E-state index contributed by atoms with van der Waals surface area (Å²) in [7, 11) is 0. The van der Waals surface area contributed by atoms with Crippen molar-refractivity contribution in [3.05, 3.63) is 229 Å². The van der Waals surface area contributed by atoms with Gasteiger partial charge in [0.1, 0.15) is 11.2 Å². The number of fused-ring (bicyclic) bond motifs is 6. The van der Waals surface area contributed by atoms with Crippen LogP contribution in [0.2, 0.25) is 0 Å². The van der Waals surface area contributed by atoms with Crippen LogP contribution >= 0.6 is 0 Å². The van der Waals surface area contributed by atoms with Crippen LogP contribution < -0.4 is 4.90 Å². The molecule has 1 aliphatic carbocycles. The van der Waals surface area contributed by atoms with Gasteiger partial charge in [-0.3, -0.25) is 0 Å². The summed E-state index contributed by atoms with van der Waals surface area (Å²) in [5.74, 6) is 0. The first kappa shape index (κ1) is 34.8. The van der Waals surface area contributed by atoms with Crippen LogP contribution in [0.15, 0.2) is 217 Å². The van der Waals surface area contributed by atoms with Gasteiger partial charge in [-0.1, -0.05) is 171 Å². The maximum absolute atomic E-state index is 6.21. The summed E-state index contributed by atoms with van der Waals surface area (Å²) in [5, 5.41) is 4.90. The molecular formula is C57H41NO. The van der Waals surface area contributed by atoms with E-state index < -0.39 is 0 Å². The number of benzene rings is 9. The number of rotatable bonds is 7. The molecule has 0 amide bonds. The molecule has 9 aromatic carbocycles. The van der Waals surface area contributed by atoms with E-state index in [1.165, 1.54) is 71.6 Å². The van der Waals surface area contributed by atoms with Crippen LogP contribution in [0, 0.1) is 0 Å². The second kappa shape index (κ2) is 14.2. The highest BCUT2D eigenvalue weighted by Gasteiger charge is 2.30. The minimum absolute atomic E-state index is 0.143. The van der Waals surface area contributed by atoms with Crippen LogP contribution in [-0.2, 0) is 11.8 Å². The standard InChI is InChI=1S/C57H41NO/c1-57(34-33-52-47(38-57)27-32-55-56(52)53-19-7-8-20-54(53)59-55)48-17-9-15-44(36-48)41-23-28-49(29-24-41)58(51-18-10-16-45(37-51)39-11-3-2-4-12-39)50-30-25-42(26-31-50)46-22-21-40-13-5-6-14-43(40)35-46/h2-37H,38H2,1H3. The second-order valence-electron chi connectivity index (χ2n) is 16.0. The number of para-hydroxylation sites is 1. The summed E-state index contributed by atoms with van der Waals surface area (Å²) in [5.41, 5.74) is 16.2. The molecule has 0 saturated heterocycles. The predicted octanol–water partition coefficient (Wildman–Crippen LogP) is 15.7. The lowest BCUT2D eigenvalue weighted by atomic mass is 9.72. The first-order chi connectivity index (χ1) is 29.1. The van der Waals surface area contributed by atoms with Crippen molar-refractivity contribution in [3.8, 4) is 33.4 Å². The van der Waals surface area contributed by atoms with Gasteiger partial charge in [-0.2, -0.15) is 0 Å². The molecule has 0 N–H and O–H groups in total. The number of furan rings is 1. The first-order valence-electron chi connectivity index (χ1n) is 20.4. The molecule has 280 valence electrons. The fourth-order valence-electron chi connectivity index (χ4n) is 9.08. The lowest BCUT2D eigenvalue weighted by Crippen LogP contribution is -2.25. The number of hydrogen-bond acceptors (Lipinski definition) is 2. The van der Waals surface area contributed by atoms with Crippen molar-refractivity contribution in [2.75, 3.05) is 4.90 Å². The monoisotopic (exact) mass is 755 g/mol. The van der Waals surface area contributed by atoms with Gasteiger partial charge in [0, 0.05) is 33.2 Å². The Morgan fingerprint density at radius 2 is 1.05 bits per heavy atom. The number of allylic oxidation sites excluding steroid dienone is 1. The highest BCUT2D eigenvalue weighted by molar-refractivity contribution is 6.09.